The van der Waals surface area contributed by atoms with Crippen LogP contribution < -0.4 is 16.5 Å². The molecule has 0 amide bonds. The quantitative estimate of drug-likeness (QED) is 0.0554. The molecule has 0 saturated carbocycles. The summed E-state index contributed by atoms with van der Waals surface area (Å²) in [4.78, 5) is 40.5. The third-order valence-corrected chi connectivity index (χ3v) is 12.9. The van der Waals surface area contributed by atoms with Crippen molar-refractivity contribution in [2.24, 2.45) is 4.99 Å². The highest BCUT2D eigenvalue weighted by atomic mass is 31.2. The molecule has 31 heteroatoms. The number of hydrazine groups is 1. The third-order valence-electron chi connectivity index (χ3n) is 12.1. The van der Waals surface area contributed by atoms with Crippen LogP contribution in [0.3, 0.4) is 0 Å². The van der Waals surface area contributed by atoms with E-state index in [0.29, 0.717) is 53.6 Å². The van der Waals surface area contributed by atoms with Gasteiger partial charge in [0, 0.05) is 17.4 Å². The summed E-state index contributed by atoms with van der Waals surface area (Å²) in [6, 6.07) is 11.1. The Bertz CT molecular complexity index is 3010. The molecule has 0 bridgehead atoms. The Hall–Kier alpha value is -6.24. The summed E-state index contributed by atoms with van der Waals surface area (Å²) >= 11 is 0. The molecule has 3 aliphatic heterocycles. The maximum Gasteiger partial charge on any atom is 0.454 e. The Balaban J connectivity index is 0.000000412. The number of morpholine rings is 2. The average molecular weight is 1170 g/mol. The molecule has 3 aliphatic rings. The first-order chi connectivity index (χ1) is 36.2. The zero-order chi connectivity index (χ0) is 57.3. The van der Waals surface area contributed by atoms with E-state index in [-0.39, 0.29) is 72.5 Å². The highest BCUT2D eigenvalue weighted by molar-refractivity contribution is 7.49. The third kappa shape index (κ3) is 15.8. The number of ether oxygens (including phenoxy) is 4. The Morgan fingerprint density at radius 3 is 1.38 bits per heavy atom. The summed E-state index contributed by atoms with van der Waals surface area (Å²) in [6.07, 6.45) is -25.1. The highest BCUT2D eigenvalue weighted by Gasteiger charge is 2.42. The van der Waals surface area contributed by atoms with Gasteiger partial charge in [-0.1, -0.05) is 38.3 Å². The van der Waals surface area contributed by atoms with Crippen molar-refractivity contribution in [1.82, 2.24) is 35.2 Å². The first-order valence-corrected chi connectivity index (χ1v) is 24.5. The van der Waals surface area contributed by atoms with Crippen molar-refractivity contribution in [2.45, 2.75) is 89.4 Å². The van der Waals surface area contributed by atoms with Crippen LogP contribution in [0, 0.1) is 11.6 Å². The van der Waals surface area contributed by atoms with Crippen molar-refractivity contribution in [3.05, 3.63) is 170 Å². The number of amidine groups is 1. The van der Waals surface area contributed by atoms with Gasteiger partial charge < -0.3 is 28.7 Å². The lowest BCUT2D eigenvalue weighted by atomic mass is 10.0. The minimum absolute atomic E-state index is 0. The fourth-order valence-electron chi connectivity index (χ4n) is 8.43. The van der Waals surface area contributed by atoms with Gasteiger partial charge in [-0.15, -0.1) is 9.55 Å². The van der Waals surface area contributed by atoms with Crippen LogP contribution in [0.15, 0.2) is 107 Å². The largest absolute Gasteiger partial charge is 0.454 e. The van der Waals surface area contributed by atoms with Gasteiger partial charge in [-0.05, 0) is 96.8 Å². The number of H-pyrrole nitrogens is 1. The van der Waals surface area contributed by atoms with Gasteiger partial charge in [-0.3, -0.25) is 25.6 Å². The summed E-state index contributed by atoms with van der Waals surface area (Å²) in [5.41, 5.74) is -1.32. The molecule has 0 unspecified atom stereocenters. The molecular formula is C48H55F14N8O8P. The minimum atomic E-state index is -5.07. The zero-order valence-corrected chi connectivity index (χ0v) is 41.2. The van der Waals surface area contributed by atoms with Crippen LogP contribution in [0.4, 0.5) is 61.5 Å². The van der Waals surface area contributed by atoms with E-state index in [1.807, 2.05) is 4.90 Å². The van der Waals surface area contributed by atoms with Crippen LogP contribution in [-0.4, -0.2) is 85.4 Å². The van der Waals surface area contributed by atoms with Crippen LogP contribution >= 0.6 is 7.75 Å². The molecule has 0 spiro atoms. The maximum atomic E-state index is 13.7. The fourth-order valence-corrected chi connectivity index (χ4v) is 8.94. The van der Waals surface area contributed by atoms with Gasteiger partial charge in [0.15, 0.2) is 12.6 Å². The van der Waals surface area contributed by atoms with Crippen molar-refractivity contribution < 1.29 is 99.0 Å². The number of nitrogens with one attached hydrogen (secondary N) is 3. The van der Waals surface area contributed by atoms with Crippen LogP contribution in [-0.2, 0) is 54.8 Å². The van der Waals surface area contributed by atoms with Gasteiger partial charge in [0.05, 0.1) is 72.8 Å². The number of aliphatic imine (C=N–C) groups is 1. The second-order valence-electron chi connectivity index (χ2n) is 17.7. The van der Waals surface area contributed by atoms with Crippen LogP contribution in [0.1, 0.15) is 100 Å². The number of hydrogen-bond donors (Lipinski definition) is 5. The summed E-state index contributed by atoms with van der Waals surface area (Å²) in [5, 5.41) is 3.61. The lowest BCUT2D eigenvalue weighted by Gasteiger charge is -2.42. The lowest BCUT2D eigenvalue weighted by molar-refractivity contribution is -0.231. The van der Waals surface area contributed by atoms with Crippen molar-refractivity contribution >= 4 is 13.6 Å². The molecule has 79 heavy (non-hydrogen) atoms. The molecule has 4 aromatic carbocycles. The SMILES string of the molecule is C.C=C1N=C(CN2CCO[C@@H](O[C@@H](C)c3cc(C(F)(F)F)cc(C(F)(F)F)c3)[C@@H]2c2ccc(F)cc2)NN1.C[C@H](O[C@@H]1OCCN(Cc2nn(P(=O)(O)O)c(=O)[nH]2)[C@H]1c1ccc(F)cc1)c1cc(C(F)(F)F)cc(C(F)(F)F)c1.[HH].[HH].[HH]. The molecule has 0 radical (unpaired) electrons. The molecule has 0 aliphatic carbocycles. The van der Waals surface area contributed by atoms with Gasteiger partial charge >= 0.3 is 38.1 Å². The van der Waals surface area contributed by atoms with E-state index in [1.165, 1.54) is 50.2 Å². The molecule has 438 valence electrons. The molecule has 5 aromatic rings. The Morgan fingerprint density at radius 2 is 1.05 bits per heavy atom. The van der Waals surface area contributed by atoms with Gasteiger partial charge in [-0.25, -0.2) is 23.1 Å². The molecule has 2 saturated heterocycles. The molecular weight excluding hydrogens is 1110 g/mol. The van der Waals surface area contributed by atoms with Crippen LogP contribution in [0.25, 0.3) is 0 Å². The van der Waals surface area contributed by atoms with E-state index in [0.717, 1.165) is 12.1 Å². The first kappa shape index (κ1) is 62.0. The van der Waals surface area contributed by atoms with E-state index in [4.69, 9.17) is 18.9 Å². The summed E-state index contributed by atoms with van der Waals surface area (Å²) in [5.74, 6) is -0.335. The average Bonchev–Trinajstić information content (AvgIpc) is 4.00. The number of alkyl halides is 12. The van der Waals surface area contributed by atoms with Crippen LogP contribution in [0.5, 0.6) is 0 Å². The predicted octanol–water partition coefficient (Wildman–Crippen LogP) is 11.1. The molecule has 4 heterocycles. The van der Waals surface area contributed by atoms with Crippen LogP contribution in [0.2, 0.25) is 0 Å². The summed E-state index contributed by atoms with van der Waals surface area (Å²) < 4.78 is 222. The topological polar surface area (TPSA) is 188 Å². The number of benzene rings is 4. The smallest absolute Gasteiger partial charge is 0.349 e. The molecule has 16 nitrogen and oxygen atoms in total. The summed E-state index contributed by atoms with van der Waals surface area (Å²) in [6.45, 7) is 6.89. The number of aromatic nitrogens is 3. The molecule has 6 atom stereocenters. The monoisotopic (exact) mass is 1170 g/mol. The van der Waals surface area contributed by atoms with Gasteiger partial charge in [0.2, 0.25) is 0 Å². The summed E-state index contributed by atoms with van der Waals surface area (Å²) in [7, 11) is -5.07. The Labute approximate surface area is 444 Å². The molecule has 8 rings (SSSR count). The normalized spacial score (nSPS) is 20.5. The Kier molecular flexibility index (Phi) is 19.0. The van der Waals surface area contributed by atoms with Gasteiger partial charge in [-0.2, -0.15) is 52.7 Å². The van der Waals surface area contributed by atoms with Crippen molar-refractivity contribution in [3.8, 4) is 0 Å². The highest BCUT2D eigenvalue weighted by Crippen LogP contribution is 2.42. The standard InChI is InChI=1S/C24H23F7N4O2.C23H22F7N4O6P.CH4.3H2/c1-13(16-9-17(23(26,27)28)11-18(10-16)24(29,30)31)37-22-21(15-3-5-19(25)6-4-15)35(7-8-36-22)12-20-32-14(2)33-34-20;1-12(14-8-15(22(25,26)27)10-16(9-14)23(28,29)30)40-20-19(13-2-4-17(24)5-3-13)33(6-7-39-20)11-18-31-21(35)34(32-18)41(36,37)38;;;;/h3-6,9-11,13,21-22,33H,2,7-8,12H2,1H3,(H,32,34);2-5,8-10,12,19-20H,6-7,11H2,1H3,(H,31,32,35)(H2,36,37,38);1H4;3*1H/t13-,21-,22-;12-,19-,20-;;;;/m00..../s1. The molecule has 2 fully saturated rings. The molecule has 1 aromatic heterocycles. The van der Waals surface area contributed by atoms with E-state index in [2.05, 4.69) is 32.5 Å². The second-order valence-corrected chi connectivity index (χ2v) is 19.1. The number of aromatic amines is 1. The van der Waals surface area contributed by atoms with Crippen molar-refractivity contribution in [2.75, 3.05) is 32.8 Å². The van der Waals surface area contributed by atoms with Gasteiger partial charge in [0.25, 0.3) is 0 Å². The first-order valence-electron chi connectivity index (χ1n) is 22.9. The van der Waals surface area contributed by atoms with E-state index in [9.17, 15) is 80.6 Å². The zero-order valence-electron chi connectivity index (χ0n) is 40.3. The molecule has 5 N–H and O–H groups in total. The van der Waals surface area contributed by atoms with Crippen molar-refractivity contribution in [1.29, 1.82) is 0 Å². The van der Waals surface area contributed by atoms with E-state index >= 15 is 0 Å². The maximum absolute atomic E-state index is 13.7. The predicted molar refractivity (Wildman–Crippen MR) is 258 cm³/mol. The second kappa shape index (κ2) is 24.2. The number of hydrogen-bond acceptors (Lipinski definition) is 12. The van der Waals surface area contributed by atoms with E-state index in [1.54, 1.807) is 4.90 Å². The fraction of sp³-hybridized carbons (Fsp3) is 0.396. The number of nitrogens with zero attached hydrogens (tertiary/aromatic N) is 5. The number of halogens is 14. The Morgan fingerprint density at radius 1 is 0.671 bits per heavy atom. The minimum Gasteiger partial charge on any atom is -0.349 e. The van der Waals surface area contributed by atoms with E-state index < -0.39 is 114 Å². The van der Waals surface area contributed by atoms with Crippen molar-refractivity contribution in [3.63, 3.8) is 0 Å². The lowest BCUT2D eigenvalue weighted by Crippen LogP contribution is -2.50. The number of rotatable bonds is 13. The van der Waals surface area contributed by atoms with Gasteiger partial charge in [0.1, 0.15) is 29.1 Å².